The van der Waals surface area contributed by atoms with Crippen LogP contribution in [0.2, 0.25) is 0 Å². The number of nitrogens with one attached hydrogen (secondary N) is 1. The molecule has 0 amide bonds. The Labute approximate surface area is 133 Å². The molecule has 2 heterocycles. The maximum Gasteiger partial charge on any atom is 0.107 e. The fraction of sp³-hybridized carbons (Fsp3) is 0.824. The molecule has 1 aromatic heterocycles. The topological polar surface area (TPSA) is 28.2 Å². The summed E-state index contributed by atoms with van der Waals surface area (Å²) >= 11 is 1.95. The molecular formula is C17H29N3S. The first-order valence-electron chi connectivity index (χ1n) is 8.56. The van der Waals surface area contributed by atoms with Gasteiger partial charge in [0, 0.05) is 29.9 Å². The Bertz CT molecular complexity index is 465. The number of likely N-dealkylation sites (tertiary alicyclic amines) is 1. The van der Waals surface area contributed by atoms with E-state index in [2.05, 4.69) is 31.0 Å². The Kier molecular flexibility index (Phi) is 4.97. The quantitative estimate of drug-likeness (QED) is 0.867. The van der Waals surface area contributed by atoms with Gasteiger partial charge in [-0.3, -0.25) is 4.90 Å². The van der Waals surface area contributed by atoms with Gasteiger partial charge in [-0.2, -0.15) is 0 Å². The zero-order valence-electron chi connectivity index (χ0n) is 13.7. The van der Waals surface area contributed by atoms with Crippen LogP contribution in [0.4, 0.5) is 0 Å². The fourth-order valence-corrected chi connectivity index (χ4v) is 4.35. The van der Waals surface area contributed by atoms with Crippen molar-refractivity contribution in [3.8, 4) is 0 Å². The van der Waals surface area contributed by atoms with Crippen LogP contribution >= 0.6 is 11.3 Å². The van der Waals surface area contributed by atoms with E-state index < -0.39 is 0 Å². The lowest BCUT2D eigenvalue weighted by molar-refractivity contribution is 0.176. The molecule has 21 heavy (non-hydrogen) atoms. The summed E-state index contributed by atoms with van der Waals surface area (Å²) in [6.45, 7) is 11.4. The lowest BCUT2D eigenvalue weighted by atomic mass is 10.0. The summed E-state index contributed by atoms with van der Waals surface area (Å²) in [5.74, 6) is 1.61. The monoisotopic (exact) mass is 307 g/mol. The molecule has 118 valence electrons. The van der Waals surface area contributed by atoms with E-state index in [4.69, 9.17) is 4.98 Å². The third-order valence-electron chi connectivity index (χ3n) is 4.51. The van der Waals surface area contributed by atoms with Gasteiger partial charge in [0.1, 0.15) is 5.01 Å². The number of rotatable bonds is 6. The molecule has 2 fully saturated rings. The molecule has 0 bridgehead atoms. The normalized spacial score (nSPS) is 23.9. The summed E-state index contributed by atoms with van der Waals surface area (Å²) in [4.78, 5) is 9.10. The van der Waals surface area contributed by atoms with E-state index in [0.29, 0.717) is 6.04 Å². The number of hydrogen-bond donors (Lipinski definition) is 1. The van der Waals surface area contributed by atoms with Crippen LogP contribution in [0.15, 0.2) is 0 Å². The van der Waals surface area contributed by atoms with Gasteiger partial charge >= 0.3 is 0 Å². The molecule has 1 saturated heterocycles. The minimum atomic E-state index is 0.547. The molecule has 2 aliphatic rings. The number of hydrogen-bond acceptors (Lipinski definition) is 4. The number of nitrogens with zero attached hydrogens (tertiary/aromatic N) is 2. The maximum absolute atomic E-state index is 5.01. The summed E-state index contributed by atoms with van der Waals surface area (Å²) < 4.78 is 0. The summed E-state index contributed by atoms with van der Waals surface area (Å²) in [5.41, 5.74) is 1.41. The van der Waals surface area contributed by atoms with E-state index in [9.17, 15) is 0 Å². The van der Waals surface area contributed by atoms with Gasteiger partial charge in [-0.1, -0.05) is 20.8 Å². The molecule has 3 rings (SSSR count). The zero-order chi connectivity index (χ0) is 14.8. The van der Waals surface area contributed by atoms with Gasteiger partial charge in [0.05, 0.1) is 12.2 Å². The van der Waals surface area contributed by atoms with Gasteiger partial charge in [-0.15, -0.1) is 11.3 Å². The minimum absolute atomic E-state index is 0.547. The second-order valence-corrected chi connectivity index (χ2v) is 8.38. The minimum Gasteiger partial charge on any atom is -0.310 e. The van der Waals surface area contributed by atoms with Crippen LogP contribution in [0.3, 0.4) is 0 Å². The van der Waals surface area contributed by atoms with Crippen LogP contribution in [0.5, 0.6) is 0 Å². The highest BCUT2D eigenvalue weighted by Crippen LogP contribution is 2.42. The second-order valence-electron chi connectivity index (χ2n) is 7.21. The molecule has 0 radical (unpaired) electrons. The van der Waals surface area contributed by atoms with Crippen molar-refractivity contribution in [2.45, 2.75) is 71.5 Å². The Hall–Kier alpha value is -0.450. The van der Waals surface area contributed by atoms with Gasteiger partial charge in [0.25, 0.3) is 0 Å². The number of piperidine rings is 1. The van der Waals surface area contributed by atoms with Gasteiger partial charge < -0.3 is 5.32 Å². The van der Waals surface area contributed by atoms with E-state index in [1.807, 2.05) is 11.3 Å². The van der Waals surface area contributed by atoms with E-state index in [-0.39, 0.29) is 0 Å². The second kappa shape index (κ2) is 6.76. The Morgan fingerprint density at radius 1 is 1.33 bits per heavy atom. The molecule has 1 aromatic rings. The van der Waals surface area contributed by atoms with Crippen molar-refractivity contribution >= 4 is 11.3 Å². The van der Waals surface area contributed by atoms with Crippen LogP contribution in [0, 0.1) is 5.92 Å². The van der Waals surface area contributed by atoms with Gasteiger partial charge in [-0.25, -0.2) is 4.98 Å². The standard InChI is InChI=1S/C17H29N3S/c1-12(2)18-9-15-17(14-6-7-14)19-16(21-15)11-20-8-4-5-13(3)10-20/h12-14,18H,4-11H2,1-3H3. The first-order chi connectivity index (χ1) is 10.1. The molecule has 0 spiro atoms. The lowest BCUT2D eigenvalue weighted by Crippen LogP contribution is -2.33. The Balaban J connectivity index is 1.66. The van der Waals surface area contributed by atoms with Crippen molar-refractivity contribution in [1.82, 2.24) is 15.2 Å². The molecule has 4 heteroatoms. The van der Waals surface area contributed by atoms with Crippen molar-refractivity contribution in [3.05, 3.63) is 15.6 Å². The van der Waals surface area contributed by atoms with E-state index in [0.717, 1.165) is 24.9 Å². The van der Waals surface area contributed by atoms with Gasteiger partial charge in [-0.05, 0) is 38.1 Å². The predicted octanol–water partition coefficient (Wildman–Crippen LogP) is 3.75. The molecule has 1 saturated carbocycles. The molecule has 3 nitrogen and oxygen atoms in total. The van der Waals surface area contributed by atoms with Gasteiger partial charge in [0.2, 0.25) is 0 Å². The summed E-state index contributed by atoms with van der Waals surface area (Å²) in [6, 6.07) is 0.547. The number of aromatic nitrogens is 1. The molecule has 1 unspecified atom stereocenters. The van der Waals surface area contributed by atoms with Crippen molar-refractivity contribution in [3.63, 3.8) is 0 Å². The molecular weight excluding hydrogens is 278 g/mol. The third kappa shape index (κ3) is 4.27. The molecule has 1 atom stereocenters. The van der Waals surface area contributed by atoms with Crippen LogP contribution in [0.25, 0.3) is 0 Å². The Morgan fingerprint density at radius 3 is 2.81 bits per heavy atom. The van der Waals surface area contributed by atoms with Crippen molar-refractivity contribution in [1.29, 1.82) is 0 Å². The summed E-state index contributed by atoms with van der Waals surface area (Å²) in [7, 11) is 0. The molecule has 1 aliphatic heterocycles. The van der Waals surface area contributed by atoms with E-state index in [1.54, 1.807) is 0 Å². The average Bonchev–Trinajstić information content (AvgIpc) is 3.19. The SMILES string of the molecule is CC1CCCN(Cc2nc(C3CC3)c(CNC(C)C)s2)C1. The lowest BCUT2D eigenvalue weighted by Gasteiger charge is -2.29. The van der Waals surface area contributed by atoms with Crippen LogP contribution in [0.1, 0.15) is 68.0 Å². The summed E-state index contributed by atoms with van der Waals surface area (Å²) in [6.07, 6.45) is 5.44. The van der Waals surface area contributed by atoms with Crippen molar-refractivity contribution in [2.24, 2.45) is 5.92 Å². The largest absolute Gasteiger partial charge is 0.310 e. The number of thiazole rings is 1. The molecule has 1 aliphatic carbocycles. The van der Waals surface area contributed by atoms with Crippen LogP contribution in [-0.4, -0.2) is 29.0 Å². The molecule has 1 N–H and O–H groups in total. The van der Waals surface area contributed by atoms with E-state index in [1.165, 1.54) is 54.4 Å². The third-order valence-corrected chi connectivity index (χ3v) is 5.56. The Morgan fingerprint density at radius 2 is 2.14 bits per heavy atom. The van der Waals surface area contributed by atoms with Gasteiger partial charge in [0.15, 0.2) is 0 Å². The first-order valence-corrected chi connectivity index (χ1v) is 9.37. The molecule has 0 aromatic carbocycles. The van der Waals surface area contributed by atoms with Crippen LogP contribution in [-0.2, 0) is 13.1 Å². The fourth-order valence-electron chi connectivity index (χ4n) is 3.20. The highest BCUT2D eigenvalue weighted by atomic mass is 32.1. The highest BCUT2D eigenvalue weighted by molar-refractivity contribution is 7.11. The highest BCUT2D eigenvalue weighted by Gasteiger charge is 2.30. The average molecular weight is 308 g/mol. The first kappa shape index (κ1) is 15.4. The smallest absolute Gasteiger partial charge is 0.107 e. The predicted molar refractivity (Wildman–Crippen MR) is 89.7 cm³/mol. The van der Waals surface area contributed by atoms with Crippen molar-refractivity contribution < 1.29 is 0 Å². The van der Waals surface area contributed by atoms with E-state index >= 15 is 0 Å². The maximum atomic E-state index is 5.01. The van der Waals surface area contributed by atoms with Crippen LogP contribution < -0.4 is 5.32 Å². The van der Waals surface area contributed by atoms with Crippen molar-refractivity contribution in [2.75, 3.05) is 13.1 Å². The summed E-state index contributed by atoms with van der Waals surface area (Å²) in [5, 5.41) is 4.91. The zero-order valence-corrected chi connectivity index (χ0v) is 14.5.